The van der Waals surface area contributed by atoms with Crippen LogP contribution in [0.5, 0.6) is 0 Å². The van der Waals surface area contributed by atoms with Crippen LogP contribution >= 0.6 is 11.3 Å². The van der Waals surface area contributed by atoms with E-state index in [1.807, 2.05) is 32.0 Å². The number of unbranched alkanes of at least 4 members (excludes halogenated alkanes) is 1. The maximum Gasteiger partial charge on any atom is 0.211 e. The quantitative estimate of drug-likeness (QED) is 0.804. The average Bonchev–Trinajstić information content (AvgIpc) is 2.85. The zero-order valence-corrected chi connectivity index (χ0v) is 14.6. The van der Waals surface area contributed by atoms with Crippen LogP contribution in [-0.2, 0) is 23.0 Å². The van der Waals surface area contributed by atoms with Gasteiger partial charge in [0, 0.05) is 11.3 Å². The van der Waals surface area contributed by atoms with Gasteiger partial charge >= 0.3 is 0 Å². The average molecular weight is 338 g/mol. The predicted molar refractivity (Wildman–Crippen MR) is 91.6 cm³/mol. The first-order chi connectivity index (χ1) is 10.5. The molecule has 1 aromatic carbocycles. The number of hydrogen-bond acceptors (Lipinski definition) is 4. The molecule has 0 amide bonds. The molecule has 0 aliphatic carbocycles. The lowest BCUT2D eigenvalue weighted by Gasteiger charge is -2.03. The van der Waals surface area contributed by atoms with E-state index >= 15 is 0 Å². The van der Waals surface area contributed by atoms with E-state index in [1.165, 1.54) is 10.4 Å². The first-order valence-electron chi connectivity index (χ1n) is 7.46. The zero-order chi connectivity index (χ0) is 16.0. The van der Waals surface area contributed by atoms with E-state index in [4.69, 9.17) is 0 Å². The minimum Gasteiger partial charge on any atom is -0.245 e. The highest BCUT2D eigenvalue weighted by molar-refractivity contribution is 7.89. The normalized spacial score (nSPS) is 11.7. The number of thiazole rings is 1. The van der Waals surface area contributed by atoms with Gasteiger partial charge in [0.2, 0.25) is 10.0 Å². The van der Waals surface area contributed by atoms with Gasteiger partial charge in [0.15, 0.2) is 0 Å². The highest BCUT2D eigenvalue weighted by Crippen LogP contribution is 2.21. The molecule has 2 aromatic rings. The number of aromatic nitrogens is 1. The van der Waals surface area contributed by atoms with Crippen molar-refractivity contribution in [1.29, 1.82) is 0 Å². The first kappa shape index (κ1) is 17.1. The fourth-order valence-electron chi connectivity index (χ4n) is 2.09. The molecule has 0 aliphatic heterocycles. The number of nitrogens with one attached hydrogen (secondary N) is 1. The van der Waals surface area contributed by atoms with Crippen molar-refractivity contribution in [1.82, 2.24) is 9.71 Å². The summed E-state index contributed by atoms with van der Waals surface area (Å²) in [6.45, 7) is 4.24. The summed E-state index contributed by atoms with van der Waals surface area (Å²) in [5, 5.41) is 0.823. The monoisotopic (exact) mass is 338 g/mol. The van der Waals surface area contributed by atoms with Gasteiger partial charge in [-0.3, -0.25) is 0 Å². The van der Waals surface area contributed by atoms with E-state index in [0.29, 0.717) is 6.42 Å². The summed E-state index contributed by atoms with van der Waals surface area (Å²) >= 11 is 1.58. The summed E-state index contributed by atoms with van der Waals surface area (Å²) in [7, 11) is -3.19. The predicted octanol–water partition coefficient (Wildman–Crippen LogP) is 3.26. The van der Waals surface area contributed by atoms with Crippen LogP contribution in [0.1, 0.15) is 40.9 Å². The summed E-state index contributed by atoms with van der Waals surface area (Å²) in [6.07, 6.45) is 2.40. The van der Waals surface area contributed by atoms with Crippen molar-refractivity contribution in [2.75, 3.05) is 5.75 Å². The first-order valence-corrected chi connectivity index (χ1v) is 9.93. The molecule has 22 heavy (non-hydrogen) atoms. The minimum atomic E-state index is -3.19. The number of benzene rings is 1. The Balaban J connectivity index is 1.98. The molecular formula is C16H22N2O2S2. The van der Waals surface area contributed by atoms with Gasteiger partial charge in [-0.25, -0.2) is 18.1 Å². The fourth-order valence-corrected chi connectivity index (χ4v) is 4.39. The molecule has 0 bridgehead atoms. The van der Waals surface area contributed by atoms with E-state index in [9.17, 15) is 8.42 Å². The second-order valence-corrected chi connectivity index (χ2v) is 8.37. The molecule has 0 spiro atoms. The zero-order valence-electron chi connectivity index (χ0n) is 13.0. The third-order valence-corrected chi connectivity index (χ3v) is 5.92. The Morgan fingerprint density at radius 2 is 1.95 bits per heavy atom. The Labute approximate surface area is 136 Å². The molecule has 1 heterocycles. The van der Waals surface area contributed by atoms with E-state index < -0.39 is 10.0 Å². The van der Waals surface area contributed by atoms with Crippen LogP contribution in [0.4, 0.5) is 0 Å². The molecule has 0 atom stereocenters. The van der Waals surface area contributed by atoms with Gasteiger partial charge in [0.25, 0.3) is 0 Å². The molecule has 6 heteroatoms. The molecule has 2 rings (SSSR count). The molecule has 0 saturated heterocycles. The maximum absolute atomic E-state index is 11.8. The molecule has 120 valence electrons. The van der Waals surface area contributed by atoms with E-state index in [2.05, 4.69) is 21.8 Å². The molecule has 0 fully saturated rings. The third kappa shape index (κ3) is 5.19. The highest BCUT2D eigenvalue weighted by atomic mass is 32.2. The number of rotatable bonds is 8. The molecule has 0 aliphatic rings. The van der Waals surface area contributed by atoms with Crippen molar-refractivity contribution in [3.8, 4) is 0 Å². The topological polar surface area (TPSA) is 59.1 Å². The summed E-state index contributed by atoms with van der Waals surface area (Å²) in [5.74, 6) is 0.185. The van der Waals surface area contributed by atoms with Crippen LogP contribution in [0.2, 0.25) is 0 Å². The van der Waals surface area contributed by atoms with Crippen LogP contribution in [0.15, 0.2) is 30.3 Å². The molecule has 1 aromatic heterocycles. The van der Waals surface area contributed by atoms with Crippen molar-refractivity contribution in [3.63, 3.8) is 0 Å². The van der Waals surface area contributed by atoms with E-state index in [1.54, 1.807) is 11.3 Å². The van der Waals surface area contributed by atoms with Gasteiger partial charge in [-0.05, 0) is 18.9 Å². The van der Waals surface area contributed by atoms with Crippen LogP contribution in [0.25, 0.3) is 0 Å². The summed E-state index contributed by atoms with van der Waals surface area (Å²) in [6, 6.07) is 10.2. The lowest BCUT2D eigenvalue weighted by atomic mass is 10.1. The molecule has 0 radical (unpaired) electrons. The molecular weight excluding hydrogens is 316 g/mol. The lowest BCUT2D eigenvalue weighted by molar-refractivity contribution is 0.577. The standard InChI is InChI=1S/C16H22N2O2S2/c1-3-4-10-22(19,20)17-12-16-18-13(2)15(21-16)11-14-8-6-5-7-9-14/h5-9,17H,3-4,10-12H2,1-2H3. The van der Waals surface area contributed by atoms with Gasteiger partial charge in [-0.2, -0.15) is 0 Å². The second-order valence-electron chi connectivity index (χ2n) is 5.27. The maximum atomic E-state index is 11.8. The second kappa shape index (κ2) is 7.85. The number of nitrogens with zero attached hydrogens (tertiary/aromatic N) is 1. The fraction of sp³-hybridized carbons (Fsp3) is 0.438. The molecule has 4 nitrogen and oxygen atoms in total. The van der Waals surface area contributed by atoms with Crippen LogP contribution in [0, 0.1) is 6.92 Å². The Kier molecular flexibility index (Phi) is 6.11. The molecule has 0 unspecified atom stereocenters. The lowest BCUT2D eigenvalue weighted by Crippen LogP contribution is -2.25. The molecule has 0 saturated carbocycles. The van der Waals surface area contributed by atoms with Crippen LogP contribution in [0.3, 0.4) is 0 Å². The van der Waals surface area contributed by atoms with Crippen molar-refractivity contribution < 1.29 is 8.42 Å². The molecule has 1 N–H and O–H groups in total. The summed E-state index contributed by atoms with van der Waals surface area (Å²) in [5.41, 5.74) is 2.22. The van der Waals surface area contributed by atoms with Gasteiger partial charge < -0.3 is 0 Å². The van der Waals surface area contributed by atoms with Gasteiger partial charge in [0.05, 0.1) is 18.0 Å². The van der Waals surface area contributed by atoms with E-state index in [-0.39, 0.29) is 12.3 Å². The summed E-state index contributed by atoms with van der Waals surface area (Å²) < 4.78 is 26.3. The Bertz CT molecular complexity index is 694. The largest absolute Gasteiger partial charge is 0.245 e. The van der Waals surface area contributed by atoms with Crippen LogP contribution in [-0.4, -0.2) is 19.2 Å². The minimum absolute atomic E-state index is 0.185. The van der Waals surface area contributed by atoms with Crippen molar-refractivity contribution in [3.05, 3.63) is 51.5 Å². The van der Waals surface area contributed by atoms with Crippen molar-refractivity contribution >= 4 is 21.4 Å². The van der Waals surface area contributed by atoms with Gasteiger partial charge in [-0.15, -0.1) is 11.3 Å². The van der Waals surface area contributed by atoms with Crippen molar-refractivity contribution in [2.45, 2.75) is 39.7 Å². The summed E-state index contributed by atoms with van der Waals surface area (Å²) in [4.78, 5) is 5.67. The SMILES string of the molecule is CCCCS(=O)(=O)NCc1nc(C)c(Cc2ccccc2)s1. The van der Waals surface area contributed by atoms with Crippen LogP contribution < -0.4 is 4.72 Å². The van der Waals surface area contributed by atoms with Crippen molar-refractivity contribution in [2.24, 2.45) is 0 Å². The van der Waals surface area contributed by atoms with Gasteiger partial charge in [-0.1, -0.05) is 43.7 Å². The third-order valence-electron chi connectivity index (χ3n) is 3.35. The number of sulfonamides is 1. The van der Waals surface area contributed by atoms with Gasteiger partial charge in [0.1, 0.15) is 5.01 Å². The Hall–Kier alpha value is -1.24. The smallest absolute Gasteiger partial charge is 0.211 e. The number of aryl methyl sites for hydroxylation is 1. The number of hydrogen-bond donors (Lipinski definition) is 1. The van der Waals surface area contributed by atoms with E-state index in [0.717, 1.165) is 23.5 Å². The Morgan fingerprint density at radius 3 is 2.64 bits per heavy atom. The Morgan fingerprint density at radius 1 is 1.23 bits per heavy atom. The highest BCUT2D eigenvalue weighted by Gasteiger charge is 2.12.